The van der Waals surface area contributed by atoms with Gasteiger partial charge in [0.05, 0.1) is 0 Å². The molecule has 0 spiro atoms. The van der Waals surface area contributed by atoms with Crippen LogP contribution in [-0.4, -0.2) is 0 Å². The summed E-state index contributed by atoms with van der Waals surface area (Å²) in [5.41, 5.74) is 3.59. The second-order valence-corrected chi connectivity index (χ2v) is 8.28. The molecule has 28 heavy (non-hydrogen) atoms. The minimum absolute atomic E-state index is 0.334. The Bertz CT molecular complexity index is 935. The maximum absolute atomic E-state index is 13.9. The van der Waals surface area contributed by atoms with E-state index in [4.69, 9.17) is 0 Å². The summed E-state index contributed by atoms with van der Waals surface area (Å²) in [7, 11) is 0. The van der Waals surface area contributed by atoms with E-state index in [1.165, 1.54) is 56.6 Å². The first-order valence-corrected chi connectivity index (χ1v) is 10.6. The van der Waals surface area contributed by atoms with Crippen molar-refractivity contribution in [3.05, 3.63) is 71.8 Å². The van der Waals surface area contributed by atoms with Crippen LogP contribution in [-0.2, 0) is 0 Å². The fraction of sp³-hybridized carbons (Fsp3) is 0.385. The van der Waals surface area contributed by atoms with Crippen molar-refractivity contribution in [1.82, 2.24) is 0 Å². The van der Waals surface area contributed by atoms with Crippen LogP contribution in [0.15, 0.2) is 54.6 Å². The van der Waals surface area contributed by atoms with Crippen molar-refractivity contribution in [1.29, 1.82) is 0 Å². The molecule has 1 saturated carbocycles. The van der Waals surface area contributed by atoms with Crippen LogP contribution in [0.5, 0.6) is 0 Å². The van der Waals surface area contributed by atoms with Gasteiger partial charge in [0.15, 0.2) is 11.6 Å². The van der Waals surface area contributed by atoms with Gasteiger partial charge in [0.2, 0.25) is 0 Å². The van der Waals surface area contributed by atoms with Crippen LogP contribution in [0.1, 0.15) is 63.4 Å². The summed E-state index contributed by atoms with van der Waals surface area (Å²) >= 11 is 0. The van der Waals surface area contributed by atoms with E-state index in [9.17, 15) is 8.78 Å². The maximum Gasteiger partial charge on any atom is 0.166 e. The quantitative estimate of drug-likeness (QED) is 0.419. The molecule has 146 valence electrons. The van der Waals surface area contributed by atoms with E-state index in [0.717, 1.165) is 22.4 Å². The Labute approximate surface area is 166 Å². The van der Waals surface area contributed by atoms with Crippen LogP contribution < -0.4 is 0 Å². The highest BCUT2D eigenvalue weighted by Gasteiger charge is 2.22. The predicted molar refractivity (Wildman–Crippen MR) is 114 cm³/mol. The third-order valence-electron chi connectivity index (χ3n) is 6.44. The largest absolute Gasteiger partial charge is 0.204 e. The molecule has 1 aliphatic rings. The fourth-order valence-electron chi connectivity index (χ4n) is 4.67. The molecular formula is C26H28F2. The molecule has 2 heteroatoms. The average molecular weight is 379 g/mol. The van der Waals surface area contributed by atoms with Crippen LogP contribution in [0.2, 0.25) is 0 Å². The molecule has 1 fully saturated rings. The minimum atomic E-state index is -0.797. The van der Waals surface area contributed by atoms with Crippen LogP contribution in [0.3, 0.4) is 0 Å². The van der Waals surface area contributed by atoms with E-state index in [-0.39, 0.29) is 0 Å². The van der Waals surface area contributed by atoms with E-state index in [2.05, 4.69) is 31.2 Å². The minimum Gasteiger partial charge on any atom is -0.204 e. The van der Waals surface area contributed by atoms with Gasteiger partial charge in [0.25, 0.3) is 0 Å². The molecule has 3 aromatic rings. The highest BCUT2D eigenvalue weighted by molar-refractivity contribution is 5.87. The maximum atomic E-state index is 13.9. The van der Waals surface area contributed by atoms with E-state index in [0.29, 0.717) is 11.3 Å². The molecule has 0 N–H and O–H groups in total. The second-order valence-electron chi connectivity index (χ2n) is 8.28. The van der Waals surface area contributed by atoms with Crippen LogP contribution >= 0.6 is 0 Å². The number of benzene rings is 3. The molecule has 0 aromatic heterocycles. The molecular weight excluding hydrogens is 350 g/mol. The zero-order valence-corrected chi connectivity index (χ0v) is 16.6. The van der Waals surface area contributed by atoms with E-state index in [1.807, 2.05) is 12.1 Å². The molecule has 3 aromatic carbocycles. The highest BCUT2D eigenvalue weighted by Crippen LogP contribution is 2.38. The Morgan fingerprint density at radius 2 is 1.54 bits per heavy atom. The lowest BCUT2D eigenvalue weighted by Gasteiger charge is -2.29. The zero-order chi connectivity index (χ0) is 19.5. The molecule has 0 radical (unpaired) electrons. The topological polar surface area (TPSA) is 0 Å². The third-order valence-corrected chi connectivity index (χ3v) is 6.44. The standard InChI is InChI=1S/C26H28F2/c1-2-3-4-18-5-7-19(8-6-18)20-9-11-21(12-10-20)22-13-15-24-23(17-22)14-16-25(27)26(24)28/h9-19H,2-8H2,1H3/t18-,19-. The third kappa shape index (κ3) is 3.97. The first-order valence-electron chi connectivity index (χ1n) is 10.6. The van der Waals surface area contributed by atoms with Gasteiger partial charge in [0.1, 0.15) is 0 Å². The van der Waals surface area contributed by atoms with Gasteiger partial charge in [-0.05, 0) is 71.7 Å². The van der Waals surface area contributed by atoms with Crippen LogP contribution in [0.4, 0.5) is 8.78 Å². The summed E-state index contributed by atoms with van der Waals surface area (Å²) in [6.07, 6.45) is 9.39. The van der Waals surface area contributed by atoms with Crippen molar-refractivity contribution in [3.8, 4) is 11.1 Å². The molecule has 0 aliphatic heterocycles. The summed E-state index contributed by atoms with van der Waals surface area (Å²) in [6.45, 7) is 2.28. The molecule has 0 saturated heterocycles. The zero-order valence-electron chi connectivity index (χ0n) is 16.6. The number of fused-ring (bicyclic) bond motifs is 1. The van der Waals surface area contributed by atoms with E-state index < -0.39 is 11.6 Å². The smallest absolute Gasteiger partial charge is 0.166 e. The van der Waals surface area contributed by atoms with Crippen molar-refractivity contribution >= 4 is 10.8 Å². The van der Waals surface area contributed by atoms with Gasteiger partial charge in [-0.2, -0.15) is 0 Å². The lowest BCUT2D eigenvalue weighted by molar-refractivity contribution is 0.304. The summed E-state index contributed by atoms with van der Waals surface area (Å²) in [4.78, 5) is 0. The van der Waals surface area contributed by atoms with Gasteiger partial charge in [-0.1, -0.05) is 68.7 Å². The van der Waals surface area contributed by atoms with Gasteiger partial charge in [-0.15, -0.1) is 0 Å². The van der Waals surface area contributed by atoms with Crippen molar-refractivity contribution in [2.24, 2.45) is 5.92 Å². The summed E-state index contributed by atoms with van der Waals surface area (Å²) in [5.74, 6) is 0.0434. The lowest BCUT2D eigenvalue weighted by Crippen LogP contribution is -2.13. The van der Waals surface area contributed by atoms with Gasteiger partial charge in [-0.3, -0.25) is 0 Å². The van der Waals surface area contributed by atoms with E-state index in [1.54, 1.807) is 12.1 Å². The first-order chi connectivity index (χ1) is 13.7. The van der Waals surface area contributed by atoms with E-state index >= 15 is 0 Å². The van der Waals surface area contributed by atoms with Crippen LogP contribution in [0.25, 0.3) is 21.9 Å². The van der Waals surface area contributed by atoms with Crippen LogP contribution in [0, 0.1) is 17.6 Å². The Morgan fingerprint density at radius 1 is 0.821 bits per heavy atom. The second kappa shape index (κ2) is 8.43. The Hall–Kier alpha value is -2.22. The lowest BCUT2D eigenvalue weighted by atomic mass is 9.77. The number of unbranched alkanes of at least 4 members (excludes halogenated alkanes) is 1. The molecule has 4 rings (SSSR count). The first kappa shape index (κ1) is 19.1. The van der Waals surface area contributed by atoms with Crippen molar-refractivity contribution in [3.63, 3.8) is 0 Å². The van der Waals surface area contributed by atoms with Gasteiger partial charge in [-0.25, -0.2) is 8.78 Å². The van der Waals surface area contributed by atoms with Crippen molar-refractivity contribution < 1.29 is 8.78 Å². The molecule has 0 atom stereocenters. The molecule has 0 heterocycles. The Balaban J connectivity index is 1.48. The molecule has 0 unspecified atom stereocenters. The summed E-state index contributed by atoms with van der Waals surface area (Å²) in [5, 5.41) is 1.06. The monoisotopic (exact) mass is 378 g/mol. The fourth-order valence-corrected chi connectivity index (χ4v) is 4.67. The summed E-state index contributed by atoms with van der Waals surface area (Å²) in [6, 6.07) is 17.2. The normalized spacial score (nSPS) is 19.8. The van der Waals surface area contributed by atoms with Gasteiger partial charge < -0.3 is 0 Å². The Kier molecular flexibility index (Phi) is 5.75. The number of hydrogen-bond acceptors (Lipinski definition) is 0. The van der Waals surface area contributed by atoms with Gasteiger partial charge in [0, 0.05) is 5.39 Å². The Morgan fingerprint density at radius 3 is 2.25 bits per heavy atom. The summed E-state index contributed by atoms with van der Waals surface area (Å²) < 4.78 is 27.3. The number of hydrogen-bond donors (Lipinski definition) is 0. The number of rotatable bonds is 5. The highest BCUT2D eigenvalue weighted by atomic mass is 19.2. The SMILES string of the molecule is CCCC[C@H]1CC[C@H](c2ccc(-c3ccc4c(F)c(F)ccc4c3)cc2)CC1. The number of halogens is 2. The molecule has 0 amide bonds. The van der Waals surface area contributed by atoms with Crippen molar-refractivity contribution in [2.45, 2.75) is 57.8 Å². The molecule has 0 bridgehead atoms. The van der Waals surface area contributed by atoms with Crippen molar-refractivity contribution in [2.75, 3.05) is 0 Å². The predicted octanol–water partition coefficient (Wildman–Crippen LogP) is 8.25. The average Bonchev–Trinajstić information content (AvgIpc) is 2.75. The molecule has 0 nitrogen and oxygen atoms in total. The van der Waals surface area contributed by atoms with Gasteiger partial charge >= 0.3 is 0 Å². The molecule has 1 aliphatic carbocycles.